The van der Waals surface area contributed by atoms with Gasteiger partial charge in [-0.2, -0.15) is 5.10 Å². The van der Waals surface area contributed by atoms with Gasteiger partial charge in [0.2, 0.25) is 10.0 Å². The summed E-state index contributed by atoms with van der Waals surface area (Å²) in [5, 5.41) is 9.33. The predicted molar refractivity (Wildman–Crippen MR) is 79.0 cm³/mol. The van der Waals surface area contributed by atoms with Crippen LogP contribution in [0.3, 0.4) is 0 Å². The minimum atomic E-state index is -3.59. The number of aryl methyl sites for hydroxylation is 1. The lowest BCUT2D eigenvalue weighted by Gasteiger charge is -2.12. The van der Waals surface area contributed by atoms with Crippen LogP contribution in [0.25, 0.3) is 0 Å². The van der Waals surface area contributed by atoms with Crippen molar-refractivity contribution < 1.29 is 8.42 Å². The summed E-state index contributed by atoms with van der Waals surface area (Å²) in [6, 6.07) is 5.50. The van der Waals surface area contributed by atoms with E-state index in [1.807, 2.05) is 26.1 Å². The normalized spacial score (nSPS) is 11.7. The molecule has 0 atom stereocenters. The number of rotatable bonds is 7. The molecule has 0 amide bonds. The Morgan fingerprint density at radius 3 is 2.71 bits per heavy atom. The maximum absolute atomic E-state index is 12.5. The van der Waals surface area contributed by atoms with Gasteiger partial charge in [-0.3, -0.25) is 5.10 Å². The molecule has 0 saturated carbocycles. The van der Waals surface area contributed by atoms with E-state index in [0.29, 0.717) is 23.7 Å². The van der Waals surface area contributed by atoms with Gasteiger partial charge in [0.15, 0.2) is 0 Å². The zero-order valence-corrected chi connectivity index (χ0v) is 12.9. The highest BCUT2D eigenvalue weighted by molar-refractivity contribution is 7.89. The Bertz CT molecular complexity index is 683. The molecule has 0 unspecified atom stereocenters. The number of aromatic nitrogens is 3. The Labute approximate surface area is 124 Å². The Kier molecular flexibility index (Phi) is 5.05. The molecule has 0 saturated heterocycles. The van der Waals surface area contributed by atoms with E-state index in [1.165, 1.54) is 6.33 Å². The minimum Gasteiger partial charge on any atom is -0.316 e. The molecule has 0 spiro atoms. The Morgan fingerprint density at radius 2 is 2.10 bits per heavy atom. The van der Waals surface area contributed by atoms with Crippen molar-refractivity contribution in [1.29, 1.82) is 0 Å². The molecule has 2 aromatic rings. The number of H-pyrrole nitrogens is 1. The summed E-state index contributed by atoms with van der Waals surface area (Å²) in [6.45, 7) is 2.64. The highest BCUT2D eigenvalue weighted by atomic mass is 32.2. The summed E-state index contributed by atoms with van der Waals surface area (Å²) in [7, 11) is -1.76. The van der Waals surface area contributed by atoms with Crippen molar-refractivity contribution in [3.63, 3.8) is 0 Å². The second-order valence-corrected chi connectivity index (χ2v) is 6.32. The van der Waals surface area contributed by atoms with Gasteiger partial charge in [0.05, 0.1) is 11.4 Å². The van der Waals surface area contributed by atoms with E-state index in [1.54, 1.807) is 6.07 Å². The fraction of sp³-hybridized carbons (Fsp3) is 0.385. The van der Waals surface area contributed by atoms with E-state index in [0.717, 1.165) is 11.1 Å². The van der Waals surface area contributed by atoms with Crippen LogP contribution in [0.1, 0.15) is 23.9 Å². The molecule has 0 aliphatic carbocycles. The van der Waals surface area contributed by atoms with Gasteiger partial charge in [-0.1, -0.05) is 19.1 Å². The van der Waals surface area contributed by atoms with Gasteiger partial charge >= 0.3 is 0 Å². The number of nitrogens with zero attached hydrogens (tertiary/aromatic N) is 2. The highest BCUT2D eigenvalue weighted by Crippen LogP contribution is 2.18. The van der Waals surface area contributed by atoms with Gasteiger partial charge < -0.3 is 5.32 Å². The van der Waals surface area contributed by atoms with Crippen LogP contribution in [-0.4, -0.2) is 30.6 Å². The van der Waals surface area contributed by atoms with E-state index < -0.39 is 10.0 Å². The average Bonchev–Trinajstić information content (AvgIpc) is 2.99. The standard InChI is InChI=1S/C13H19N5O2S/c1-3-11-5-4-10(7-14-2)6-12(11)21(19,20)17-8-13-15-9-16-18-13/h4-6,9,14,17H,3,7-8H2,1-2H3,(H,15,16,18). The predicted octanol–water partition coefficient (Wildman–Crippen LogP) is 0.565. The molecule has 1 aromatic heterocycles. The maximum Gasteiger partial charge on any atom is 0.241 e. The minimum absolute atomic E-state index is 0.0851. The van der Waals surface area contributed by atoms with E-state index in [4.69, 9.17) is 0 Å². The lowest BCUT2D eigenvalue weighted by molar-refractivity contribution is 0.578. The third-order valence-corrected chi connectivity index (χ3v) is 4.56. The maximum atomic E-state index is 12.5. The van der Waals surface area contributed by atoms with Crippen molar-refractivity contribution in [3.05, 3.63) is 41.5 Å². The van der Waals surface area contributed by atoms with Crippen molar-refractivity contribution in [1.82, 2.24) is 25.2 Å². The molecule has 0 bridgehead atoms. The molecular weight excluding hydrogens is 290 g/mol. The van der Waals surface area contributed by atoms with Crippen LogP contribution < -0.4 is 10.0 Å². The summed E-state index contributed by atoms with van der Waals surface area (Å²) < 4.78 is 27.5. The van der Waals surface area contributed by atoms with Crippen molar-refractivity contribution >= 4 is 10.0 Å². The van der Waals surface area contributed by atoms with E-state index >= 15 is 0 Å². The zero-order valence-electron chi connectivity index (χ0n) is 12.0. The number of nitrogens with one attached hydrogen (secondary N) is 3. The summed E-state index contributed by atoms with van der Waals surface area (Å²) in [6.07, 6.45) is 1.99. The average molecular weight is 309 g/mol. The molecule has 0 aliphatic heterocycles. The lowest BCUT2D eigenvalue weighted by atomic mass is 10.1. The molecular formula is C13H19N5O2S. The molecule has 1 heterocycles. The number of aromatic amines is 1. The van der Waals surface area contributed by atoms with Gasteiger partial charge in [0.25, 0.3) is 0 Å². The van der Waals surface area contributed by atoms with E-state index in [-0.39, 0.29) is 6.54 Å². The summed E-state index contributed by atoms with van der Waals surface area (Å²) in [5.41, 5.74) is 1.72. The largest absolute Gasteiger partial charge is 0.316 e. The molecule has 7 nitrogen and oxygen atoms in total. The van der Waals surface area contributed by atoms with Crippen LogP contribution in [0.2, 0.25) is 0 Å². The Balaban J connectivity index is 2.26. The second-order valence-electron chi connectivity index (χ2n) is 4.58. The first-order valence-electron chi connectivity index (χ1n) is 6.67. The molecule has 0 fully saturated rings. The number of benzene rings is 1. The van der Waals surface area contributed by atoms with Crippen LogP contribution >= 0.6 is 0 Å². The van der Waals surface area contributed by atoms with Crippen LogP contribution in [0.4, 0.5) is 0 Å². The Morgan fingerprint density at radius 1 is 1.29 bits per heavy atom. The van der Waals surface area contributed by atoms with Crippen molar-refractivity contribution in [2.45, 2.75) is 31.3 Å². The van der Waals surface area contributed by atoms with Gasteiger partial charge in [0.1, 0.15) is 12.2 Å². The van der Waals surface area contributed by atoms with Crippen molar-refractivity contribution in [3.8, 4) is 0 Å². The second kappa shape index (κ2) is 6.79. The van der Waals surface area contributed by atoms with Crippen LogP contribution in [-0.2, 0) is 29.5 Å². The monoisotopic (exact) mass is 309 g/mol. The SMILES string of the molecule is CCc1ccc(CNC)cc1S(=O)(=O)NCc1ncn[nH]1. The summed E-state index contributed by atoms with van der Waals surface area (Å²) in [4.78, 5) is 4.22. The van der Waals surface area contributed by atoms with Gasteiger partial charge in [-0.05, 0) is 30.7 Å². The van der Waals surface area contributed by atoms with E-state index in [2.05, 4.69) is 25.2 Å². The van der Waals surface area contributed by atoms with Crippen LogP contribution in [0.5, 0.6) is 0 Å². The Hall–Kier alpha value is -1.77. The zero-order chi connectivity index (χ0) is 15.3. The summed E-state index contributed by atoms with van der Waals surface area (Å²) >= 11 is 0. The quantitative estimate of drug-likeness (QED) is 0.694. The fourth-order valence-corrected chi connectivity index (χ4v) is 3.36. The molecule has 0 aliphatic rings. The molecule has 2 rings (SSSR count). The molecule has 8 heteroatoms. The van der Waals surface area contributed by atoms with Crippen molar-refractivity contribution in [2.24, 2.45) is 0 Å². The molecule has 1 aromatic carbocycles. The third kappa shape index (κ3) is 3.87. The smallest absolute Gasteiger partial charge is 0.241 e. The van der Waals surface area contributed by atoms with E-state index in [9.17, 15) is 8.42 Å². The highest BCUT2D eigenvalue weighted by Gasteiger charge is 2.18. The first-order valence-corrected chi connectivity index (χ1v) is 8.15. The number of hydrogen-bond donors (Lipinski definition) is 3. The van der Waals surface area contributed by atoms with Crippen LogP contribution in [0.15, 0.2) is 29.4 Å². The third-order valence-electron chi connectivity index (χ3n) is 3.08. The molecule has 21 heavy (non-hydrogen) atoms. The fourth-order valence-electron chi connectivity index (χ4n) is 2.01. The summed E-state index contributed by atoms with van der Waals surface area (Å²) in [5.74, 6) is 0.475. The topological polar surface area (TPSA) is 99.8 Å². The van der Waals surface area contributed by atoms with Gasteiger partial charge in [-0.15, -0.1) is 0 Å². The molecule has 114 valence electrons. The number of sulfonamides is 1. The van der Waals surface area contributed by atoms with Gasteiger partial charge in [-0.25, -0.2) is 18.1 Å². The molecule has 3 N–H and O–H groups in total. The molecule has 0 radical (unpaired) electrons. The van der Waals surface area contributed by atoms with Crippen LogP contribution in [0, 0.1) is 0 Å². The lowest BCUT2D eigenvalue weighted by Crippen LogP contribution is -2.25. The van der Waals surface area contributed by atoms with Crippen molar-refractivity contribution in [2.75, 3.05) is 7.05 Å². The number of hydrogen-bond acceptors (Lipinski definition) is 5. The first-order chi connectivity index (χ1) is 10.1. The first kappa shape index (κ1) is 15.6. The van der Waals surface area contributed by atoms with Gasteiger partial charge in [0, 0.05) is 6.54 Å².